The molecule has 2 unspecified atom stereocenters. The second kappa shape index (κ2) is 14.0. The molecule has 3 aliphatic rings. The van der Waals surface area contributed by atoms with Crippen molar-refractivity contribution in [1.82, 2.24) is 9.97 Å². The minimum absolute atomic E-state index is 0.514. The third-order valence-corrected chi connectivity index (χ3v) is 10.7. The summed E-state index contributed by atoms with van der Waals surface area (Å²) < 4.78 is 38.5. The monoisotopic (exact) mass is 742 g/mol. The molecule has 7 aromatic rings. The first-order chi connectivity index (χ1) is 27.6. The molecule has 56 heavy (non-hydrogen) atoms. The summed E-state index contributed by atoms with van der Waals surface area (Å²) in [5, 5.41) is 0.865. The van der Waals surface area contributed by atoms with Gasteiger partial charge >= 0.3 is 0 Å². The molecule has 3 aliphatic heterocycles. The molecule has 10 nitrogen and oxygen atoms in total. The Morgan fingerprint density at radius 2 is 1.04 bits per heavy atom. The molecular formula is C46H38N4O6. The number of hydrogen-bond acceptors (Lipinski definition) is 10. The number of rotatable bonds is 8. The lowest BCUT2D eigenvalue weighted by Gasteiger charge is -2.37. The van der Waals surface area contributed by atoms with Gasteiger partial charge in [0.15, 0.2) is 23.7 Å². The fourth-order valence-electron chi connectivity index (χ4n) is 7.86. The van der Waals surface area contributed by atoms with E-state index in [1.807, 2.05) is 97.1 Å². The van der Waals surface area contributed by atoms with Gasteiger partial charge in [-0.3, -0.25) is 0 Å². The van der Waals surface area contributed by atoms with Gasteiger partial charge in [-0.2, -0.15) is 0 Å². The molecule has 10 rings (SSSR count). The van der Waals surface area contributed by atoms with E-state index in [1.54, 1.807) is 20.5 Å². The van der Waals surface area contributed by atoms with Gasteiger partial charge in [0, 0.05) is 65.6 Å². The molecule has 0 saturated carbocycles. The number of piperazine rings is 1. The Balaban J connectivity index is 1.10. The predicted molar refractivity (Wildman–Crippen MR) is 214 cm³/mol. The van der Waals surface area contributed by atoms with Gasteiger partial charge in [0.2, 0.25) is 0 Å². The van der Waals surface area contributed by atoms with E-state index >= 15 is 0 Å². The van der Waals surface area contributed by atoms with Crippen molar-refractivity contribution in [3.05, 3.63) is 156 Å². The lowest BCUT2D eigenvalue weighted by molar-refractivity contribution is 0.188. The van der Waals surface area contributed by atoms with Crippen molar-refractivity contribution < 1.29 is 28.4 Å². The van der Waals surface area contributed by atoms with Gasteiger partial charge in [-0.25, -0.2) is 9.97 Å². The molecule has 0 radical (unpaired) electrons. The van der Waals surface area contributed by atoms with Crippen LogP contribution in [0, 0.1) is 0 Å². The van der Waals surface area contributed by atoms with Crippen LogP contribution in [-0.2, 0) is 0 Å². The Morgan fingerprint density at radius 3 is 1.62 bits per heavy atom. The van der Waals surface area contributed by atoms with Crippen molar-refractivity contribution in [2.24, 2.45) is 0 Å². The van der Waals surface area contributed by atoms with Gasteiger partial charge in [-0.15, -0.1) is 0 Å². The van der Waals surface area contributed by atoms with E-state index in [0.717, 1.165) is 76.7 Å². The Bertz CT molecular complexity index is 2570. The number of fused-ring (bicyclic) bond motifs is 5. The van der Waals surface area contributed by atoms with Gasteiger partial charge in [0.25, 0.3) is 0 Å². The van der Waals surface area contributed by atoms with Crippen molar-refractivity contribution in [2.75, 3.05) is 50.2 Å². The molecule has 6 aromatic carbocycles. The summed E-state index contributed by atoms with van der Waals surface area (Å²) in [6.45, 7) is 3.33. The fourth-order valence-corrected chi connectivity index (χ4v) is 7.86. The van der Waals surface area contributed by atoms with Crippen molar-refractivity contribution in [3.63, 3.8) is 0 Å². The third-order valence-electron chi connectivity index (χ3n) is 10.7. The molecular weight excluding hydrogens is 705 g/mol. The minimum atomic E-state index is -0.554. The van der Waals surface area contributed by atoms with Crippen LogP contribution in [0.2, 0.25) is 0 Å². The first-order valence-corrected chi connectivity index (χ1v) is 18.7. The summed E-state index contributed by atoms with van der Waals surface area (Å²) in [6.07, 6.45) is 0.528. The highest BCUT2D eigenvalue weighted by molar-refractivity contribution is 5.92. The van der Waals surface area contributed by atoms with Crippen LogP contribution in [0.25, 0.3) is 10.9 Å². The zero-order valence-corrected chi connectivity index (χ0v) is 30.9. The number of para-hydroxylation sites is 3. The van der Waals surface area contributed by atoms with Crippen LogP contribution in [-0.4, -0.2) is 50.4 Å². The van der Waals surface area contributed by atoms with Crippen molar-refractivity contribution in [1.29, 1.82) is 0 Å². The highest BCUT2D eigenvalue weighted by Gasteiger charge is 2.34. The van der Waals surface area contributed by atoms with E-state index in [-0.39, 0.29) is 0 Å². The van der Waals surface area contributed by atoms with E-state index in [2.05, 4.69) is 40.1 Å². The predicted octanol–water partition coefficient (Wildman–Crippen LogP) is 9.52. The highest BCUT2D eigenvalue weighted by atomic mass is 16.5. The summed E-state index contributed by atoms with van der Waals surface area (Å²) in [6, 6.07) is 41.9. The number of ether oxygens (including phenoxy) is 6. The first-order valence-electron chi connectivity index (χ1n) is 18.7. The van der Waals surface area contributed by atoms with Gasteiger partial charge in [-0.05, 0) is 66.7 Å². The molecule has 1 aromatic heterocycles. The average Bonchev–Trinajstić information content (AvgIpc) is 3.26. The molecule has 1 saturated heterocycles. The molecule has 0 spiro atoms. The molecule has 0 bridgehead atoms. The molecule has 2 atom stereocenters. The van der Waals surface area contributed by atoms with Gasteiger partial charge in [-0.1, -0.05) is 54.6 Å². The normalized spacial score (nSPS) is 16.7. The van der Waals surface area contributed by atoms with E-state index < -0.39 is 12.2 Å². The zero-order chi connectivity index (χ0) is 37.6. The highest BCUT2D eigenvalue weighted by Crippen LogP contribution is 2.51. The Morgan fingerprint density at radius 1 is 0.518 bits per heavy atom. The Hall–Kier alpha value is -6.94. The maximum Gasteiger partial charge on any atom is 0.164 e. The molecule has 278 valence electrons. The average molecular weight is 743 g/mol. The SMILES string of the molecule is COc1ccc2c(c1)C(Oc1cc3ncnc(N4CCN(c5ccccc5)CC4)c3cc1OC1c3ccccc3Oc3ccc(OC)cc31)c1ccccc1O2. The van der Waals surface area contributed by atoms with E-state index in [0.29, 0.717) is 34.5 Å². The largest absolute Gasteiger partial charge is 0.497 e. The second-order valence-corrected chi connectivity index (χ2v) is 13.9. The quantitative estimate of drug-likeness (QED) is 0.150. The van der Waals surface area contributed by atoms with Crippen molar-refractivity contribution in [2.45, 2.75) is 12.2 Å². The van der Waals surface area contributed by atoms with Crippen molar-refractivity contribution in [3.8, 4) is 46.0 Å². The number of aromatic nitrogens is 2. The van der Waals surface area contributed by atoms with Crippen molar-refractivity contribution >= 4 is 22.4 Å². The Labute approximate surface area is 324 Å². The number of nitrogens with zero attached hydrogens (tertiary/aromatic N) is 4. The standard InChI is InChI=1S/C46H38N4O6/c1-51-30-16-18-40-35(24-30)44(32-12-6-8-14-38(32)53-40)55-42-26-34-37(47-28-48-46(34)50-22-20-49(21-23-50)29-10-4-3-5-11-29)27-43(42)56-45-33-13-7-9-15-39(33)54-41-19-17-31(52-2)25-36(41)45/h3-19,24-28,44-45H,20-23H2,1-2H3. The van der Waals surface area contributed by atoms with E-state index in [9.17, 15) is 0 Å². The third kappa shape index (κ3) is 5.99. The van der Waals surface area contributed by atoms with Crippen LogP contribution in [0.3, 0.4) is 0 Å². The summed E-state index contributed by atoms with van der Waals surface area (Å²) in [7, 11) is 3.31. The summed E-state index contributed by atoms with van der Waals surface area (Å²) in [5.74, 6) is 6.11. The number of benzene rings is 6. The summed E-state index contributed by atoms with van der Waals surface area (Å²) in [4.78, 5) is 14.4. The molecule has 4 heterocycles. The second-order valence-electron chi connectivity index (χ2n) is 13.9. The van der Waals surface area contributed by atoms with Gasteiger partial charge in [0.1, 0.15) is 46.6 Å². The fraction of sp³-hybridized carbons (Fsp3) is 0.174. The van der Waals surface area contributed by atoms with Crippen LogP contribution in [0.5, 0.6) is 46.0 Å². The maximum absolute atomic E-state index is 7.23. The number of hydrogen-bond donors (Lipinski definition) is 0. The lowest BCUT2D eigenvalue weighted by Crippen LogP contribution is -2.46. The first kappa shape index (κ1) is 33.6. The van der Waals surface area contributed by atoms with Crippen LogP contribution in [0.1, 0.15) is 34.5 Å². The van der Waals surface area contributed by atoms with Crippen LogP contribution in [0.15, 0.2) is 134 Å². The van der Waals surface area contributed by atoms with Gasteiger partial charge < -0.3 is 38.2 Å². The number of anilines is 2. The van der Waals surface area contributed by atoms with Crippen LogP contribution >= 0.6 is 0 Å². The Kier molecular flexibility index (Phi) is 8.43. The molecule has 1 fully saturated rings. The number of methoxy groups -OCH3 is 2. The summed E-state index contributed by atoms with van der Waals surface area (Å²) in [5.41, 5.74) is 5.39. The molecule has 0 N–H and O–H groups in total. The van der Waals surface area contributed by atoms with Gasteiger partial charge in [0.05, 0.1) is 19.7 Å². The smallest absolute Gasteiger partial charge is 0.164 e. The van der Waals surface area contributed by atoms with Crippen LogP contribution < -0.4 is 38.2 Å². The minimum Gasteiger partial charge on any atom is -0.497 e. The molecule has 0 aliphatic carbocycles. The zero-order valence-electron chi connectivity index (χ0n) is 30.9. The summed E-state index contributed by atoms with van der Waals surface area (Å²) >= 11 is 0. The molecule has 10 heteroatoms. The lowest BCUT2D eigenvalue weighted by atomic mass is 9.96. The van der Waals surface area contributed by atoms with E-state index in [1.165, 1.54) is 5.69 Å². The topological polar surface area (TPSA) is 87.6 Å². The van der Waals surface area contributed by atoms with Crippen LogP contribution in [0.4, 0.5) is 11.5 Å². The van der Waals surface area contributed by atoms with E-state index in [4.69, 9.17) is 38.4 Å². The molecule has 0 amide bonds. The maximum atomic E-state index is 7.23.